The molecule has 0 heterocycles. The third-order valence-corrected chi connectivity index (χ3v) is 3.96. The highest BCUT2D eigenvalue weighted by molar-refractivity contribution is 5.83. The summed E-state index contributed by atoms with van der Waals surface area (Å²) in [5, 5.41) is 3.96. The molecule has 0 aliphatic carbocycles. The zero-order valence-corrected chi connectivity index (χ0v) is 16.7. The molecular weight excluding hydrogens is 356 g/mol. The molecule has 28 heavy (non-hydrogen) atoms. The van der Waals surface area contributed by atoms with E-state index in [9.17, 15) is 4.79 Å². The number of aryl methyl sites for hydroxylation is 1. The molecule has 1 N–H and O–H groups in total. The summed E-state index contributed by atoms with van der Waals surface area (Å²) in [4.78, 5) is 11.8. The highest BCUT2D eigenvalue weighted by Gasteiger charge is 2.05. The van der Waals surface area contributed by atoms with Gasteiger partial charge in [-0.05, 0) is 54.8 Å². The van der Waals surface area contributed by atoms with E-state index in [4.69, 9.17) is 14.2 Å². The van der Waals surface area contributed by atoms with Crippen molar-refractivity contribution in [2.45, 2.75) is 33.1 Å². The molecule has 6 heteroatoms. The number of hydrogen-bond acceptors (Lipinski definition) is 5. The molecule has 0 saturated carbocycles. The zero-order chi connectivity index (χ0) is 20.2. The molecule has 1 amide bonds. The Balaban J connectivity index is 1.83. The number of amides is 1. The van der Waals surface area contributed by atoms with Crippen LogP contribution in [0.4, 0.5) is 0 Å². The van der Waals surface area contributed by atoms with Crippen molar-refractivity contribution in [2.75, 3.05) is 20.3 Å². The van der Waals surface area contributed by atoms with Gasteiger partial charge in [-0.3, -0.25) is 4.79 Å². The summed E-state index contributed by atoms with van der Waals surface area (Å²) in [6.07, 6.45) is 4.85. The minimum absolute atomic E-state index is 0.103. The summed E-state index contributed by atoms with van der Waals surface area (Å²) >= 11 is 0. The first-order chi connectivity index (χ1) is 13.6. The Morgan fingerprint density at radius 2 is 1.96 bits per heavy atom. The maximum absolute atomic E-state index is 11.8. The average Bonchev–Trinajstić information content (AvgIpc) is 2.70. The normalized spacial score (nSPS) is 10.7. The smallest absolute Gasteiger partial charge is 0.277 e. The molecule has 0 atom stereocenters. The lowest BCUT2D eigenvalue weighted by Crippen LogP contribution is -2.24. The standard InChI is InChI=1S/C22H28N2O4/c1-4-5-6-12-27-20-11-10-18(14-21(20)26-3)15-23-24-22(25)16-28-19-9-7-8-17(2)13-19/h7-11,13-15H,4-6,12,16H2,1-3H3,(H,24,25)/b23-15+. The van der Waals surface area contributed by atoms with Gasteiger partial charge in [0.2, 0.25) is 0 Å². The van der Waals surface area contributed by atoms with Gasteiger partial charge < -0.3 is 14.2 Å². The van der Waals surface area contributed by atoms with Gasteiger partial charge in [0, 0.05) is 0 Å². The van der Waals surface area contributed by atoms with Crippen LogP contribution in [0.15, 0.2) is 47.6 Å². The second kappa shape index (κ2) is 11.6. The second-order valence-corrected chi connectivity index (χ2v) is 6.36. The van der Waals surface area contributed by atoms with Gasteiger partial charge in [0.15, 0.2) is 18.1 Å². The van der Waals surface area contributed by atoms with Gasteiger partial charge in [0.05, 0.1) is 19.9 Å². The fourth-order valence-corrected chi connectivity index (χ4v) is 2.48. The van der Waals surface area contributed by atoms with Crippen LogP contribution < -0.4 is 19.6 Å². The maximum Gasteiger partial charge on any atom is 0.277 e. The van der Waals surface area contributed by atoms with Crippen molar-refractivity contribution < 1.29 is 19.0 Å². The number of methoxy groups -OCH3 is 1. The van der Waals surface area contributed by atoms with Crippen molar-refractivity contribution in [1.82, 2.24) is 5.43 Å². The lowest BCUT2D eigenvalue weighted by molar-refractivity contribution is -0.123. The zero-order valence-electron chi connectivity index (χ0n) is 16.7. The van der Waals surface area contributed by atoms with Gasteiger partial charge in [-0.25, -0.2) is 5.43 Å². The molecule has 0 radical (unpaired) electrons. The predicted octanol–water partition coefficient (Wildman–Crippen LogP) is 4.10. The van der Waals surface area contributed by atoms with Crippen LogP contribution in [0.2, 0.25) is 0 Å². The van der Waals surface area contributed by atoms with Crippen LogP contribution in [-0.4, -0.2) is 32.4 Å². The first kappa shape index (κ1) is 21.3. The third-order valence-electron chi connectivity index (χ3n) is 3.96. The third kappa shape index (κ3) is 7.31. The molecule has 0 spiro atoms. The summed E-state index contributed by atoms with van der Waals surface area (Å²) in [5.41, 5.74) is 4.31. The largest absolute Gasteiger partial charge is 0.493 e. The number of benzene rings is 2. The Morgan fingerprint density at radius 1 is 1.11 bits per heavy atom. The summed E-state index contributed by atoms with van der Waals surface area (Å²) in [5.74, 6) is 1.65. The van der Waals surface area contributed by atoms with Crippen molar-refractivity contribution in [1.29, 1.82) is 0 Å². The maximum atomic E-state index is 11.8. The van der Waals surface area contributed by atoms with Gasteiger partial charge >= 0.3 is 0 Å². The van der Waals surface area contributed by atoms with Crippen molar-refractivity contribution in [3.05, 3.63) is 53.6 Å². The SMILES string of the molecule is CCCCCOc1ccc(/C=N/NC(=O)COc2cccc(C)c2)cc1OC. The monoisotopic (exact) mass is 384 g/mol. The lowest BCUT2D eigenvalue weighted by atomic mass is 10.2. The summed E-state index contributed by atoms with van der Waals surface area (Å²) < 4.78 is 16.6. The Hall–Kier alpha value is -3.02. The highest BCUT2D eigenvalue weighted by atomic mass is 16.5. The molecule has 0 bridgehead atoms. The fraction of sp³-hybridized carbons (Fsp3) is 0.364. The summed E-state index contributed by atoms with van der Waals surface area (Å²) in [6.45, 7) is 4.68. The number of ether oxygens (including phenoxy) is 3. The van der Waals surface area contributed by atoms with Crippen molar-refractivity contribution in [3.63, 3.8) is 0 Å². The van der Waals surface area contributed by atoms with Crippen LogP contribution >= 0.6 is 0 Å². The van der Waals surface area contributed by atoms with Crippen LogP contribution in [0.25, 0.3) is 0 Å². The molecule has 2 aromatic rings. The van der Waals surface area contributed by atoms with Gasteiger partial charge in [-0.15, -0.1) is 0 Å². The van der Waals surface area contributed by atoms with E-state index in [2.05, 4.69) is 17.5 Å². The van der Waals surface area contributed by atoms with Crippen LogP contribution in [0, 0.1) is 6.92 Å². The van der Waals surface area contributed by atoms with E-state index in [1.165, 1.54) is 0 Å². The fourth-order valence-electron chi connectivity index (χ4n) is 2.48. The van der Waals surface area contributed by atoms with Crippen molar-refractivity contribution in [2.24, 2.45) is 5.10 Å². The summed E-state index contributed by atoms with van der Waals surface area (Å²) in [7, 11) is 1.60. The number of rotatable bonds is 11. The number of hydrazone groups is 1. The van der Waals surface area contributed by atoms with Crippen LogP contribution in [0.5, 0.6) is 17.2 Å². The molecule has 6 nitrogen and oxygen atoms in total. The molecule has 0 aromatic heterocycles. The first-order valence-electron chi connectivity index (χ1n) is 9.44. The quantitative estimate of drug-likeness (QED) is 0.360. The van der Waals surface area contributed by atoms with E-state index in [0.29, 0.717) is 23.9 Å². The number of unbranched alkanes of at least 4 members (excludes halogenated alkanes) is 2. The Kier molecular flexibility index (Phi) is 8.85. The van der Waals surface area contributed by atoms with Gasteiger partial charge in [-0.1, -0.05) is 31.9 Å². The molecule has 0 unspecified atom stereocenters. The van der Waals surface area contributed by atoms with E-state index < -0.39 is 0 Å². The number of nitrogens with zero attached hydrogens (tertiary/aromatic N) is 1. The number of carbonyl (C=O) groups excluding carboxylic acids is 1. The number of nitrogens with one attached hydrogen (secondary N) is 1. The molecule has 2 rings (SSSR count). The molecule has 0 saturated heterocycles. The molecule has 150 valence electrons. The molecule has 0 aliphatic heterocycles. The van der Waals surface area contributed by atoms with Gasteiger partial charge in [0.1, 0.15) is 5.75 Å². The first-order valence-corrected chi connectivity index (χ1v) is 9.44. The van der Waals surface area contributed by atoms with Gasteiger partial charge in [0.25, 0.3) is 5.91 Å². The number of hydrogen-bond donors (Lipinski definition) is 1. The Bertz CT molecular complexity index is 790. The van der Waals surface area contributed by atoms with Crippen molar-refractivity contribution >= 4 is 12.1 Å². The highest BCUT2D eigenvalue weighted by Crippen LogP contribution is 2.27. The molecular formula is C22H28N2O4. The molecule has 0 fully saturated rings. The lowest BCUT2D eigenvalue weighted by Gasteiger charge is -2.11. The van der Waals surface area contributed by atoms with Crippen LogP contribution in [-0.2, 0) is 4.79 Å². The van der Waals surface area contributed by atoms with E-state index >= 15 is 0 Å². The van der Waals surface area contributed by atoms with E-state index in [-0.39, 0.29) is 12.5 Å². The Labute approximate surface area is 166 Å². The van der Waals surface area contributed by atoms with Gasteiger partial charge in [-0.2, -0.15) is 5.10 Å². The average molecular weight is 384 g/mol. The van der Waals surface area contributed by atoms with E-state index in [1.54, 1.807) is 13.3 Å². The summed E-state index contributed by atoms with van der Waals surface area (Å²) in [6, 6.07) is 13.0. The van der Waals surface area contributed by atoms with Crippen LogP contribution in [0.3, 0.4) is 0 Å². The van der Waals surface area contributed by atoms with Crippen molar-refractivity contribution in [3.8, 4) is 17.2 Å². The minimum atomic E-state index is -0.333. The van der Waals surface area contributed by atoms with E-state index in [0.717, 1.165) is 30.4 Å². The molecule has 0 aliphatic rings. The number of carbonyl (C=O) groups is 1. The topological polar surface area (TPSA) is 69.2 Å². The molecule has 2 aromatic carbocycles. The van der Waals surface area contributed by atoms with E-state index in [1.807, 2.05) is 49.4 Å². The Morgan fingerprint density at radius 3 is 2.71 bits per heavy atom. The van der Waals surface area contributed by atoms with Crippen LogP contribution in [0.1, 0.15) is 37.3 Å². The predicted molar refractivity (Wildman–Crippen MR) is 110 cm³/mol. The minimum Gasteiger partial charge on any atom is -0.493 e. The second-order valence-electron chi connectivity index (χ2n) is 6.36.